The number of hydrogen-bond acceptors (Lipinski definition) is 7. The quantitative estimate of drug-likeness (QED) is 0.415. The minimum atomic E-state index is -3.67. The lowest BCUT2D eigenvalue weighted by atomic mass is 10.0. The fourth-order valence-corrected chi connectivity index (χ4v) is 7.01. The number of imide groups is 1. The number of unbranched alkanes of at least 4 members (excludes halogenated alkanes) is 1. The third kappa shape index (κ3) is 6.56. The van der Waals surface area contributed by atoms with E-state index in [2.05, 4.69) is 29.4 Å². The first-order chi connectivity index (χ1) is 17.5. The maximum atomic E-state index is 13.1. The Morgan fingerprint density at radius 1 is 1.14 bits per heavy atom. The van der Waals surface area contributed by atoms with Crippen molar-refractivity contribution in [3.63, 3.8) is 0 Å². The molecule has 4 amide bonds. The summed E-state index contributed by atoms with van der Waals surface area (Å²) in [5, 5.41) is 5.22. The second kappa shape index (κ2) is 12.2. The Morgan fingerprint density at radius 2 is 1.81 bits per heavy atom. The van der Waals surface area contributed by atoms with Crippen molar-refractivity contribution in [2.24, 2.45) is 5.73 Å². The van der Waals surface area contributed by atoms with E-state index in [-0.39, 0.29) is 16.0 Å². The molecule has 2 aromatic rings. The van der Waals surface area contributed by atoms with Crippen LogP contribution in [0.1, 0.15) is 71.7 Å². The fraction of sp³-hybridized carbons (Fsp3) is 0.480. The fourth-order valence-electron chi connectivity index (χ4n) is 4.25. The maximum absolute atomic E-state index is 13.1. The van der Waals surface area contributed by atoms with E-state index in [4.69, 9.17) is 5.73 Å². The van der Waals surface area contributed by atoms with E-state index in [0.29, 0.717) is 37.1 Å². The number of benzene rings is 1. The minimum Gasteiger partial charge on any atom is -0.351 e. The van der Waals surface area contributed by atoms with E-state index >= 15 is 0 Å². The molecule has 0 radical (unpaired) electrons. The lowest BCUT2D eigenvalue weighted by Gasteiger charge is -2.30. The van der Waals surface area contributed by atoms with Crippen molar-refractivity contribution in [2.45, 2.75) is 64.4 Å². The van der Waals surface area contributed by atoms with Crippen LogP contribution in [0.4, 0.5) is 9.80 Å². The molecule has 202 valence electrons. The third-order valence-electron chi connectivity index (χ3n) is 6.38. The lowest BCUT2D eigenvalue weighted by molar-refractivity contribution is 0.0965. The Hall–Kier alpha value is -2.80. The summed E-state index contributed by atoms with van der Waals surface area (Å²) >= 11 is 1.29. The van der Waals surface area contributed by atoms with E-state index in [1.165, 1.54) is 39.9 Å². The van der Waals surface area contributed by atoms with Gasteiger partial charge in [-0.3, -0.25) is 19.8 Å². The van der Waals surface area contributed by atoms with Crippen LogP contribution >= 0.6 is 11.3 Å². The summed E-state index contributed by atoms with van der Waals surface area (Å²) in [4.78, 5) is 40.6. The molecule has 1 aromatic heterocycles. The number of nitrogens with two attached hydrogens (primary N) is 1. The van der Waals surface area contributed by atoms with E-state index in [9.17, 15) is 22.8 Å². The van der Waals surface area contributed by atoms with Crippen molar-refractivity contribution in [1.29, 1.82) is 0 Å². The number of carbonyl (C=O) groups is 3. The van der Waals surface area contributed by atoms with Gasteiger partial charge < -0.3 is 11.1 Å². The molecule has 0 saturated heterocycles. The van der Waals surface area contributed by atoms with Crippen molar-refractivity contribution in [1.82, 2.24) is 14.5 Å². The normalized spacial score (nSPS) is 14.0. The molecule has 1 aliphatic rings. The zero-order chi connectivity index (χ0) is 27.3. The molecule has 12 heteroatoms. The van der Waals surface area contributed by atoms with Crippen LogP contribution < -0.4 is 16.4 Å². The van der Waals surface area contributed by atoms with Crippen LogP contribution in [-0.2, 0) is 23.0 Å². The molecule has 37 heavy (non-hydrogen) atoms. The van der Waals surface area contributed by atoms with Gasteiger partial charge in [-0.2, -0.15) is 4.31 Å². The van der Waals surface area contributed by atoms with Crippen molar-refractivity contribution < 1.29 is 22.8 Å². The van der Waals surface area contributed by atoms with Crippen LogP contribution in [0.15, 0.2) is 29.2 Å². The number of nitrogens with one attached hydrogen (secondary N) is 2. The first-order valence-corrected chi connectivity index (χ1v) is 14.7. The van der Waals surface area contributed by atoms with Crippen LogP contribution in [-0.4, -0.2) is 61.1 Å². The summed E-state index contributed by atoms with van der Waals surface area (Å²) in [6.45, 7) is 10.1. The van der Waals surface area contributed by atoms with Gasteiger partial charge in [0.2, 0.25) is 10.0 Å². The number of amides is 4. The zero-order valence-electron chi connectivity index (χ0n) is 21.7. The molecule has 0 aliphatic carbocycles. The van der Waals surface area contributed by atoms with Crippen LogP contribution in [0.3, 0.4) is 0 Å². The van der Waals surface area contributed by atoms with Gasteiger partial charge in [-0.15, -0.1) is 11.3 Å². The first-order valence-electron chi connectivity index (χ1n) is 12.4. The maximum Gasteiger partial charge on any atom is 0.319 e. The van der Waals surface area contributed by atoms with Gasteiger partial charge in [0, 0.05) is 42.7 Å². The van der Waals surface area contributed by atoms with Gasteiger partial charge in [0.25, 0.3) is 11.8 Å². The highest BCUT2D eigenvalue weighted by Crippen LogP contribution is 2.38. The summed E-state index contributed by atoms with van der Waals surface area (Å²) in [5.74, 6) is -1.15. The van der Waals surface area contributed by atoms with E-state index in [0.717, 1.165) is 29.8 Å². The molecule has 0 saturated carbocycles. The highest BCUT2D eigenvalue weighted by molar-refractivity contribution is 7.89. The molecule has 1 aromatic carbocycles. The molecular weight excluding hydrogens is 514 g/mol. The Bertz CT molecular complexity index is 1260. The number of fused-ring (bicyclic) bond motifs is 1. The average molecular weight is 550 g/mol. The lowest BCUT2D eigenvalue weighted by Crippen LogP contribution is -2.38. The summed E-state index contributed by atoms with van der Waals surface area (Å²) < 4.78 is 27.4. The number of urea groups is 1. The summed E-state index contributed by atoms with van der Waals surface area (Å²) in [6.07, 6.45) is 2.24. The molecule has 0 atom stereocenters. The summed E-state index contributed by atoms with van der Waals surface area (Å²) in [7, 11) is -3.67. The number of nitrogens with zero attached hydrogens (tertiary/aromatic N) is 2. The smallest absolute Gasteiger partial charge is 0.319 e. The van der Waals surface area contributed by atoms with Crippen molar-refractivity contribution in [3.8, 4) is 0 Å². The van der Waals surface area contributed by atoms with Gasteiger partial charge in [-0.05, 0) is 56.5 Å². The van der Waals surface area contributed by atoms with Crippen LogP contribution in [0.5, 0.6) is 0 Å². The molecule has 2 heterocycles. The van der Waals surface area contributed by atoms with Crippen molar-refractivity contribution in [3.05, 3.63) is 45.8 Å². The number of carbonyl (C=O) groups excluding carboxylic acids is 3. The standard InChI is InChI=1S/C25H35N5O5S2/c1-5-7-13-30(6-2)37(34,35)18-10-8-17(9-11-18)22(31)27-24-21(23(32)28-25(26)33)19-12-14-29(16(3)4)15-20(19)36-24/h8-11,16H,5-7,12-15H2,1-4H3,(H,27,31)(H3,26,28,32,33). The van der Waals surface area contributed by atoms with E-state index in [1.807, 2.05) is 6.92 Å². The Morgan fingerprint density at radius 3 is 2.38 bits per heavy atom. The van der Waals surface area contributed by atoms with Gasteiger partial charge in [0.1, 0.15) is 5.00 Å². The molecule has 1 aliphatic heterocycles. The monoisotopic (exact) mass is 549 g/mol. The van der Waals surface area contributed by atoms with Crippen molar-refractivity contribution in [2.75, 3.05) is 25.0 Å². The highest BCUT2D eigenvalue weighted by atomic mass is 32.2. The topological polar surface area (TPSA) is 142 Å². The number of rotatable bonds is 10. The number of anilines is 1. The second-order valence-corrected chi connectivity index (χ2v) is 12.2. The minimum absolute atomic E-state index is 0.115. The predicted octanol–water partition coefficient (Wildman–Crippen LogP) is 3.39. The number of thiophene rings is 1. The van der Waals surface area contributed by atoms with Crippen LogP contribution in [0.25, 0.3) is 0 Å². The molecule has 0 spiro atoms. The van der Waals surface area contributed by atoms with Gasteiger partial charge in [-0.25, -0.2) is 13.2 Å². The first kappa shape index (κ1) is 28.8. The van der Waals surface area contributed by atoms with Gasteiger partial charge >= 0.3 is 6.03 Å². The van der Waals surface area contributed by atoms with Gasteiger partial charge in [-0.1, -0.05) is 20.3 Å². The van der Waals surface area contributed by atoms with Gasteiger partial charge in [0.05, 0.1) is 10.5 Å². The Labute approximate surface area is 222 Å². The second-order valence-electron chi connectivity index (χ2n) is 9.17. The van der Waals surface area contributed by atoms with Crippen molar-refractivity contribution >= 4 is 44.2 Å². The number of primary amides is 1. The molecule has 3 rings (SSSR count). The summed E-state index contributed by atoms with van der Waals surface area (Å²) in [5.41, 5.74) is 6.45. The SMILES string of the molecule is CCCCN(CC)S(=O)(=O)c1ccc(C(=O)Nc2sc3c(c2C(=O)NC(N)=O)CCN(C(C)C)C3)cc1. The Kier molecular flexibility index (Phi) is 9.46. The summed E-state index contributed by atoms with van der Waals surface area (Å²) in [6, 6.07) is 5.08. The third-order valence-corrected chi connectivity index (χ3v) is 9.50. The molecular formula is C25H35N5O5S2. The zero-order valence-corrected chi connectivity index (χ0v) is 23.3. The highest BCUT2D eigenvalue weighted by Gasteiger charge is 2.30. The largest absolute Gasteiger partial charge is 0.351 e. The molecule has 0 fully saturated rings. The molecule has 0 unspecified atom stereocenters. The van der Waals surface area contributed by atoms with Crippen LogP contribution in [0, 0.1) is 0 Å². The van der Waals surface area contributed by atoms with E-state index in [1.54, 1.807) is 6.92 Å². The molecule has 4 N–H and O–H groups in total. The predicted molar refractivity (Wildman–Crippen MR) is 144 cm³/mol. The van der Waals surface area contributed by atoms with E-state index < -0.39 is 27.9 Å². The molecule has 10 nitrogen and oxygen atoms in total. The number of hydrogen-bond donors (Lipinski definition) is 3. The van der Waals surface area contributed by atoms with Gasteiger partial charge in [0.15, 0.2) is 0 Å². The Balaban J connectivity index is 1.86. The molecule has 0 bridgehead atoms. The van der Waals surface area contributed by atoms with Crippen LogP contribution in [0.2, 0.25) is 0 Å². The average Bonchev–Trinajstić information content (AvgIpc) is 3.21. The number of sulfonamides is 1.